The summed E-state index contributed by atoms with van der Waals surface area (Å²) in [6, 6.07) is 6.80. The maximum absolute atomic E-state index is 12.5. The molecule has 0 spiro atoms. The fraction of sp³-hybridized carbons (Fsp3) is 0.652. The number of carbonyl (C=O) groups excluding carboxylic acids is 1. The van der Waals surface area contributed by atoms with E-state index in [1.165, 1.54) is 0 Å². The predicted molar refractivity (Wildman–Crippen MR) is 113 cm³/mol. The molecule has 1 aromatic rings. The smallest absolute Gasteiger partial charge is 0.335 e. The quantitative estimate of drug-likeness (QED) is 0.452. The largest absolute Gasteiger partial charge is 0.478 e. The first kappa shape index (κ1) is 24.2. The van der Waals surface area contributed by atoms with Crippen LogP contribution in [-0.2, 0) is 11.2 Å². The fourth-order valence-corrected chi connectivity index (χ4v) is 3.34. The number of rotatable bonds is 14. The molecule has 5 nitrogen and oxygen atoms in total. The van der Waals surface area contributed by atoms with Crippen molar-refractivity contribution in [2.45, 2.75) is 84.2 Å². The molecule has 0 bridgehead atoms. The number of carboxylic acids is 1. The zero-order valence-corrected chi connectivity index (χ0v) is 17.7. The van der Waals surface area contributed by atoms with Gasteiger partial charge in [0.2, 0.25) is 5.91 Å². The van der Waals surface area contributed by atoms with Crippen molar-refractivity contribution in [3.8, 4) is 0 Å². The number of hydrogen-bond donors (Lipinski definition) is 2. The minimum atomic E-state index is -0.937. The molecule has 0 aliphatic rings. The molecule has 0 saturated carbocycles. The van der Waals surface area contributed by atoms with Crippen LogP contribution in [0.4, 0.5) is 0 Å². The molecular weight excluding hydrogens is 354 g/mol. The lowest BCUT2D eigenvalue weighted by Crippen LogP contribution is -2.39. The van der Waals surface area contributed by atoms with Crippen LogP contribution in [0.25, 0.3) is 0 Å². The van der Waals surface area contributed by atoms with Gasteiger partial charge in [-0.3, -0.25) is 4.79 Å². The summed E-state index contributed by atoms with van der Waals surface area (Å²) in [6.07, 6.45) is 7.33. The predicted octanol–water partition coefficient (Wildman–Crippen LogP) is 4.67. The molecule has 0 saturated heterocycles. The molecule has 2 N–H and O–H groups in total. The van der Waals surface area contributed by atoms with E-state index >= 15 is 0 Å². The Morgan fingerprint density at radius 1 is 0.964 bits per heavy atom. The van der Waals surface area contributed by atoms with E-state index in [9.17, 15) is 14.7 Å². The average Bonchev–Trinajstić information content (AvgIpc) is 2.68. The highest BCUT2D eigenvalue weighted by molar-refractivity contribution is 5.87. The van der Waals surface area contributed by atoms with E-state index in [-0.39, 0.29) is 11.5 Å². The van der Waals surface area contributed by atoms with Crippen LogP contribution < -0.4 is 0 Å². The van der Waals surface area contributed by atoms with Gasteiger partial charge in [0.05, 0.1) is 11.2 Å². The Morgan fingerprint density at radius 3 is 2.18 bits per heavy atom. The van der Waals surface area contributed by atoms with Gasteiger partial charge < -0.3 is 15.1 Å². The van der Waals surface area contributed by atoms with Gasteiger partial charge in [0.1, 0.15) is 0 Å². The molecule has 1 aromatic carbocycles. The molecule has 0 aliphatic heterocycles. The van der Waals surface area contributed by atoms with Crippen molar-refractivity contribution in [2.24, 2.45) is 0 Å². The second kappa shape index (κ2) is 12.6. The molecule has 1 atom stereocenters. The zero-order chi connectivity index (χ0) is 21.0. The van der Waals surface area contributed by atoms with Gasteiger partial charge in [-0.05, 0) is 49.8 Å². The molecule has 28 heavy (non-hydrogen) atoms. The molecular formula is C23H37NO4. The highest BCUT2D eigenvalue weighted by Crippen LogP contribution is 2.24. The van der Waals surface area contributed by atoms with Crippen LogP contribution in [0, 0.1) is 0 Å². The van der Waals surface area contributed by atoms with E-state index in [0.29, 0.717) is 38.8 Å². The third kappa shape index (κ3) is 8.42. The Labute approximate surface area is 169 Å². The molecule has 0 fully saturated rings. The number of aromatic carboxylic acids is 1. The van der Waals surface area contributed by atoms with Crippen LogP contribution >= 0.6 is 0 Å². The van der Waals surface area contributed by atoms with Gasteiger partial charge in [0.25, 0.3) is 0 Å². The van der Waals surface area contributed by atoms with E-state index in [4.69, 9.17) is 5.11 Å². The highest BCUT2D eigenvalue weighted by Gasteiger charge is 2.26. The molecule has 1 rings (SSSR count). The van der Waals surface area contributed by atoms with Crippen molar-refractivity contribution in [1.82, 2.24) is 4.90 Å². The summed E-state index contributed by atoms with van der Waals surface area (Å²) in [5.74, 6) is -0.815. The molecule has 0 radical (unpaired) electrons. The normalized spacial score (nSPS) is 13.1. The SMILES string of the molecule is CCCCC[C@@](O)(CC)CCN(CCc1ccc(C(=O)O)cc1)C(=O)CCC. The van der Waals surface area contributed by atoms with Crippen LogP contribution in [0.15, 0.2) is 24.3 Å². The third-order valence-corrected chi connectivity index (χ3v) is 5.44. The number of carbonyl (C=O) groups is 2. The van der Waals surface area contributed by atoms with Gasteiger partial charge in [0, 0.05) is 19.5 Å². The third-order valence-electron chi connectivity index (χ3n) is 5.44. The number of aliphatic hydroxyl groups is 1. The van der Waals surface area contributed by atoms with E-state index in [1.54, 1.807) is 24.3 Å². The summed E-state index contributed by atoms with van der Waals surface area (Å²) < 4.78 is 0. The highest BCUT2D eigenvalue weighted by atomic mass is 16.4. The summed E-state index contributed by atoms with van der Waals surface area (Å²) in [5, 5.41) is 19.9. The summed E-state index contributed by atoms with van der Waals surface area (Å²) >= 11 is 0. The lowest BCUT2D eigenvalue weighted by Gasteiger charge is -2.31. The van der Waals surface area contributed by atoms with Gasteiger partial charge in [-0.25, -0.2) is 4.79 Å². The maximum Gasteiger partial charge on any atom is 0.335 e. The first-order valence-corrected chi connectivity index (χ1v) is 10.7. The Hall–Kier alpha value is -1.88. The summed E-state index contributed by atoms with van der Waals surface area (Å²) in [4.78, 5) is 25.4. The lowest BCUT2D eigenvalue weighted by molar-refractivity contribution is -0.132. The monoisotopic (exact) mass is 391 g/mol. The van der Waals surface area contributed by atoms with E-state index in [2.05, 4.69) is 6.92 Å². The van der Waals surface area contributed by atoms with Gasteiger partial charge in [-0.2, -0.15) is 0 Å². The number of carboxylic acid groups (broad SMARTS) is 1. The number of unbranched alkanes of at least 4 members (excludes halogenated alkanes) is 2. The molecule has 0 aliphatic carbocycles. The Balaban J connectivity index is 2.69. The second-order valence-corrected chi connectivity index (χ2v) is 7.67. The molecule has 5 heteroatoms. The van der Waals surface area contributed by atoms with Gasteiger partial charge >= 0.3 is 5.97 Å². The summed E-state index contributed by atoms with van der Waals surface area (Å²) in [5.41, 5.74) is 0.569. The molecule has 0 aromatic heterocycles. The van der Waals surface area contributed by atoms with E-state index in [0.717, 1.165) is 37.7 Å². The summed E-state index contributed by atoms with van der Waals surface area (Å²) in [7, 11) is 0. The van der Waals surface area contributed by atoms with Crippen molar-refractivity contribution in [1.29, 1.82) is 0 Å². The number of amides is 1. The van der Waals surface area contributed by atoms with Crippen LogP contribution in [0.3, 0.4) is 0 Å². The average molecular weight is 392 g/mol. The van der Waals surface area contributed by atoms with Crippen molar-refractivity contribution < 1.29 is 19.8 Å². The van der Waals surface area contributed by atoms with Crippen molar-refractivity contribution in [3.63, 3.8) is 0 Å². The number of nitrogens with zero attached hydrogens (tertiary/aromatic N) is 1. The number of benzene rings is 1. The summed E-state index contributed by atoms with van der Waals surface area (Å²) in [6.45, 7) is 7.30. The van der Waals surface area contributed by atoms with Crippen LogP contribution in [0.1, 0.15) is 88.1 Å². The Bertz CT molecular complexity index is 599. The molecule has 0 unspecified atom stereocenters. The van der Waals surface area contributed by atoms with Crippen molar-refractivity contribution in [2.75, 3.05) is 13.1 Å². The minimum Gasteiger partial charge on any atom is -0.478 e. The Morgan fingerprint density at radius 2 is 1.64 bits per heavy atom. The van der Waals surface area contributed by atoms with E-state index < -0.39 is 11.6 Å². The zero-order valence-electron chi connectivity index (χ0n) is 17.7. The lowest BCUT2D eigenvalue weighted by atomic mass is 9.89. The van der Waals surface area contributed by atoms with Gasteiger partial charge in [0.15, 0.2) is 0 Å². The molecule has 158 valence electrons. The van der Waals surface area contributed by atoms with Crippen LogP contribution in [0.5, 0.6) is 0 Å². The molecule has 0 heterocycles. The van der Waals surface area contributed by atoms with E-state index in [1.807, 2.05) is 18.7 Å². The van der Waals surface area contributed by atoms with Crippen molar-refractivity contribution in [3.05, 3.63) is 35.4 Å². The number of hydrogen-bond acceptors (Lipinski definition) is 3. The second-order valence-electron chi connectivity index (χ2n) is 7.67. The standard InChI is InChI=1S/C23H37NO4/c1-4-7-8-15-23(28,6-3)16-18-24(21(25)9-5-2)17-14-19-10-12-20(13-11-19)22(26)27/h10-13,28H,4-9,14-18H2,1-3H3,(H,26,27)/t23-/m0/s1. The van der Waals surface area contributed by atoms with Crippen molar-refractivity contribution >= 4 is 11.9 Å². The van der Waals surface area contributed by atoms with Gasteiger partial charge in [-0.15, -0.1) is 0 Å². The van der Waals surface area contributed by atoms with Crippen LogP contribution in [0.2, 0.25) is 0 Å². The van der Waals surface area contributed by atoms with Crippen LogP contribution in [-0.4, -0.2) is 45.7 Å². The fourth-order valence-electron chi connectivity index (χ4n) is 3.34. The minimum absolute atomic E-state index is 0.122. The van der Waals surface area contributed by atoms with Gasteiger partial charge in [-0.1, -0.05) is 52.2 Å². The Kier molecular flexibility index (Phi) is 10.8. The topological polar surface area (TPSA) is 77.8 Å². The molecule has 1 amide bonds. The first-order chi connectivity index (χ1) is 13.3. The first-order valence-electron chi connectivity index (χ1n) is 10.7. The maximum atomic E-state index is 12.5.